The molecule has 1 aromatic heterocycles. The Morgan fingerprint density at radius 2 is 1.88 bits per heavy atom. The quantitative estimate of drug-likeness (QED) is 0.899. The van der Waals surface area contributed by atoms with E-state index in [0.717, 1.165) is 29.9 Å². The lowest BCUT2D eigenvalue weighted by atomic mass is 9.95. The Balaban J connectivity index is 1.94. The number of aromatic nitrogens is 2. The number of piperidine rings is 1. The Kier molecular flexibility index (Phi) is 5.23. The van der Waals surface area contributed by atoms with Crippen LogP contribution in [0.3, 0.4) is 0 Å². The molecule has 0 bridgehead atoms. The number of likely N-dealkylation sites (tertiary alicyclic amines) is 1. The fourth-order valence-electron chi connectivity index (χ4n) is 3.66. The van der Waals surface area contributed by atoms with Gasteiger partial charge in [0.25, 0.3) is 0 Å². The second kappa shape index (κ2) is 7.27. The number of fused-ring (bicyclic) bond motifs is 1. The van der Waals surface area contributed by atoms with Crippen LogP contribution in [0.4, 0.5) is 10.5 Å². The molecule has 1 aliphatic rings. The summed E-state index contributed by atoms with van der Waals surface area (Å²) in [6, 6.07) is 5.74. The van der Waals surface area contributed by atoms with E-state index in [-0.39, 0.29) is 5.41 Å². The number of anilines is 1. The second-order valence-electron chi connectivity index (χ2n) is 8.25. The number of carbonyl (C=O) groups is 1. The molecular formula is C20H30N4O2. The van der Waals surface area contributed by atoms with Crippen LogP contribution < -0.4 is 4.90 Å². The summed E-state index contributed by atoms with van der Waals surface area (Å²) >= 11 is 0. The van der Waals surface area contributed by atoms with Gasteiger partial charge in [-0.2, -0.15) is 0 Å². The lowest BCUT2D eigenvalue weighted by Gasteiger charge is -2.28. The largest absolute Gasteiger partial charge is 0.465 e. The van der Waals surface area contributed by atoms with Crippen molar-refractivity contribution in [1.29, 1.82) is 0 Å². The van der Waals surface area contributed by atoms with Gasteiger partial charge in [0.05, 0.1) is 11.0 Å². The molecule has 1 N–H and O–H groups in total. The summed E-state index contributed by atoms with van der Waals surface area (Å²) in [4.78, 5) is 19.9. The third-order valence-electron chi connectivity index (χ3n) is 5.17. The van der Waals surface area contributed by atoms with Crippen LogP contribution in [0.25, 0.3) is 11.0 Å². The second-order valence-corrected chi connectivity index (χ2v) is 8.25. The highest BCUT2D eigenvalue weighted by Crippen LogP contribution is 2.29. The Labute approximate surface area is 155 Å². The first kappa shape index (κ1) is 18.7. The molecule has 0 radical (unpaired) electrons. The van der Waals surface area contributed by atoms with Gasteiger partial charge in [-0.05, 0) is 44.1 Å². The van der Waals surface area contributed by atoms with E-state index in [1.165, 1.54) is 37.3 Å². The van der Waals surface area contributed by atoms with Crippen molar-refractivity contribution in [3.63, 3.8) is 0 Å². The van der Waals surface area contributed by atoms with Crippen LogP contribution in [0.1, 0.15) is 45.9 Å². The van der Waals surface area contributed by atoms with Gasteiger partial charge in [0.2, 0.25) is 0 Å². The van der Waals surface area contributed by atoms with Crippen molar-refractivity contribution in [1.82, 2.24) is 14.5 Å². The average molecular weight is 358 g/mol. The van der Waals surface area contributed by atoms with Crippen LogP contribution in [-0.2, 0) is 12.0 Å². The van der Waals surface area contributed by atoms with Crippen LogP contribution in [-0.4, -0.2) is 52.3 Å². The summed E-state index contributed by atoms with van der Waals surface area (Å²) in [5.74, 6) is 1.06. The molecule has 0 saturated carbocycles. The van der Waals surface area contributed by atoms with Gasteiger partial charge in [0.1, 0.15) is 5.82 Å². The van der Waals surface area contributed by atoms with Crippen molar-refractivity contribution in [2.75, 3.05) is 31.6 Å². The fraction of sp³-hybridized carbons (Fsp3) is 0.600. The van der Waals surface area contributed by atoms with Crippen molar-refractivity contribution in [2.24, 2.45) is 0 Å². The van der Waals surface area contributed by atoms with Crippen LogP contribution >= 0.6 is 0 Å². The smallest absolute Gasteiger partial charge is 0.411 e. The molecule has 0 atom stereocenters. The first-order chi connectivity index (χ1) is 12.3. The number of benzene rings is 1. The minimum absolute atomic E-state index is 0.0697. The Morgan fingerprint density at radius 3 is 2.50 bits per heavy atom. The topological polar surface area (TPSA) is 61.6 Å². The molecule has 1 aliphatic heterocycles. The first-order valence-corrected chi connectivity index (χ1v) is 9.47. The molecule has 1 aromatic carbocycles. The van der Waals surface area contributed by atoms with Crippen molar-refractivity contribution in [2.45, 2.75) is 52.0 Å². The predicted molar refractivity (Wildman–Crippen MR) is 105 cm³/mol. The van der Waals surface area contributed by atoms with Crippen molar-refractivity contribution < 1.29 is 9.90 Å². The Bertz CT molecular complexity index is 785. The minimum atomic E-state index is -0.968. The molecule has 1 amide bonds. The molecule has 142 valence electrons. The van der Waals surface area contributed by atoms with Crippen LogP contribution in [0.2, 0.25) is 0 Å². The van der Waals surface area contributed by atoms with E-state index in [1.807, 2.05) is 18.2 Å². The van der Waals surface area contributed by atoms with Crippen molar-refractivity contribution >= 4 is 22.8 Å². The lowest BCUT2D eigenvalue weighted by Crippen LogP contribution is -2.33. The van der Waals surface area contributed by atoms with Gasteiger partial charge in [0.15, 0.2) is 0 Å². The molecule has 6 heteroatoms. The van der Waals surface area contributed by atoms with Crippen molar-refractivity contribution in [3.05, 3.63) is 24.0 Å². The summed E-state index contributed by atoms with van der Waals surface area (Å²) in [7, 11) is 1.56. The number of rotatable bonds is 4. The zero-order valence-electron chi connectivity index (χ0n) is 16.3. The molecule has 26 heavy (non-hydrogen) atoms. The van der Waals surface area contributed by atoms with Gasteiger partial charge >= 0.3 is 6.09 Å². The maximum atomic E-state index is 11.2. The molecule has 3 rings (SSSR count). The molecule has 6 nitrogen and oxygen atoms in total. The monoisotopic (exact) mass is 358 g/mol. The van der Waals surface area contributed by atoms with E-state index < -0.39 is 6.09 Å². The van der Waals surface area contributed by atoms with Gasteiger partial charge in [-0.1, -0.05) is 27.2 Å². The van der Waals surface area contributed by atoms with Gasteiger partial charge in [-0.25, -0.2) is 9.78 Å². The molecular weight excluding hydrogens is 328 g/mol. The Morgan fingerprint density at radius 1 is 1.19 bits per heavy atom. The van der Waals surface area contributed by atoms with E-state index in [1.54, 1.807) is 7.05 Å². The normalized spacial score (nSPS) is 16.2. The summed E-state index contributed by atoms with van der Waals surface area (Å²) in [5, 5.41) is 9.22. The number of hydrogen-bond acceptors (Lipinski definition) is 3. The van der Waals surface area contributed by atoms with Gasteiger partial charge in [-0.3, -0.25) is 4.90 Å². The Hall–Kier alpha value is -2.08. The summed E-state index contributed by atoms with van der Waals surface area (Å²) in [6.45, 7) is 10.8. The average Bonchev–Trinajstić information content (AvgIpc) is 2.98. The number of nitrogens with zero attached hydrogens (tertiary/aromatic N) is 4. The maximum absolute atomic E-state index is 11.2. The standard InChI is InChI=1S/C20H30N4O2/c1-20(2,3)18-21-16-14-15(22(4)19(25)26)8-9-17(16)24(18)13-12-23-10-6-5-7-11-23/h8-9,14H,5-7,10-13H2,1-4H3,(H,25,26). The zero-order valence-corrected chi connectivity index (χ0v) is 16.3. The fourth-order valence-corrected chi connectivity index (χ4v) is 3.66. The van der Waals surface area contributed by atoms with E-state index >= 15 is 0 Å². The third-order valence-corrected chi connectivity index (χ3v) is 5.17. The van der Waals surface area contributed by atoms with Gasteiger partial charge in [-0.15, -0.1) is 0 Å². The van der Waals surface area contributed by atoms with Crippen LogP contribution in [0, 0.1) is 0 Å². The zero-order chi connectivity index (χ0) is 18.9. The van der Waals surface area contributed by atoms with Crippen LogP contribution in [0.5, 0.6) is 0 Å². The molecule has 1 fully saturated rings. The minimum Gasteiger partial charge on any atom is -0.465 e. The molecule has 2 heterocycles. The highest BCUT2D eigenvalue weighted by molar-refractivity contribution is 5.89. The van der Waals surface area contributed by atoms with Gasteiger partial charge in [0, 0.05) is 31.2 Å². The summed E-state index contributed by atoms with van der Waals surface area (Å²) in [6.07, 6.45) is 2.96. The number of hydrogen-bond donors (Lipinski definition) is 1. The van der Waals surface area contributed by atoms with E-state index in [2.05, 4.69) is 30.2 Å². The summed E-state index contributed by atoms with van der Waals surface area (Å²) in [5.41, 5.74) is 2.51. The SMILES string of the molecule is CN(C(=O)O)c1ccc2c(c1)nc(C(C)(C)C)n2CCN1CCCCC1. The highest BCUT2D eigenvalue weighted by atomic mass is 16.4. The molecule has 1 saturated heterocycles. The van der Waals surface area contributed by atoms with E-state index in [4.69, 9.17) is 4.98 Å². The predicted octanol–water partition coefficient (Wildman–Crippen LogP) is 3.93. The number of amides is 1. The first-order valence-electron chi connectivity index (χ1n) is 9.47. The molecule has 0 spiro atoms. The maximum Gasteiger partial charge on any atom is 0.411 e. The van der Waals surface area contributed by atoms with E-state index in [0.29, 0.717) is 5.69 Å². The van der Waals surface area contributed by atoms with Crippen molar-refractivity contribution in [3.8, 4) is 0 Å². The number of imidazole rings is 1. The molecule has 2 aromatic rings. The lowest BCUT2D eigenvalue weighted by molar-refractivity contribution is 0.203. The van der Waals surface area contributed by atoms with Gasteiger partial charge < -0.3 is 14.6 Å². The van der Waals surface area contributed by atoms with Crippen LogP contribution in [0.15, 0.2) is 18.2 Å². The molecule has 0 aliphatic carbocycles. The third kappa shape index (κ3) is 3.85. The highest BCUT2D eigenvalue weighted by Gasteiger charge is 2.24. The summed E-state index contributed by atoms with van der Waals surface area (Å²) < 4.78 is 2.31. The van der Waals surface area contributed by atoms with E-state index in [9.17, 15) is 9.90 Å². The number of carboxylic acid groups (broad SMARTS) is 1. The molecule has 0 unspecified atom stereocenters.